The van der Waals surface area contributed by atoms with Crippen molar-refractivity contribution in [1.82, 2.24) is 9.88 Å². The highest BCUT2D eigenvalue weighted by atomic mass is 16.5. The summed E-state index contributed by atoms with van der Waals surface area (Å²) >= 11 is 0. The second kappa shape index (κ2) is 5.15. The maximum Gasteiger partial charge on any atom is 0.127 e. The van der Waals surface area contributed by atoms with E-state index in [2.05, 4.69) is 34.4 Å². The second-order valence-electron chi connectivity index (χ2n) is 5.14. The maximum atomic E-state index is 5.52. The number of hydrogen-bond donors (Lipinski definition) is 1. The van der Waals surface area contributed by atoms with Gasteiger partial charge in [0.05, 0.1) is 17.7 Å². The van der Waals surface area contributed by atoms with Gasteiger partial charge in [0.25, 0.3) is 0 Å². The molecule has 2 heterocycles. The zero-order chi connectivity index (χ0) is 13.2. The van der Waals surface area contributed by atoms with E-state index in [1.807, 2.05) is 24.3 Å². The Morgan fingerprint density at radius 1 is 1.21 bits per heavy atom. The summed E-state index contributed by atoms with van der Waals surface area (Å²) in [6.07, 6.45) is 0.221. The molecule has 2 aromatic rings. The van der Waals surface area contributed by atoms with E-state index in [1.165, 1.54) is 5.39 Å². The highest BCUT2D eigenvalue weighted by Gasteiger charge is 2.30. The number of fused-ring (bicyclic) bond motifs is 1. The Morgan fingerprint density at radius 2 is 2.05 bits per heavy atom. The fourth-order valence-electron chi connectivity index (χ4n) is 2.68. The van der Waals surface area contributed by atoms with Crippen molar-refractivity contribution in [3.8, 4) is 0 Å². The van der Waals surface area contributed by atoms with Crippen LogP contribution in [0.15, 0.2) is 36.4 Å². The van der Waals surface area contributed by atoms with Crippen LogP contribution in [0.3, 0.4) is 0 Å². The highest BCUT2D eigenvalue weighted by molar-refractivity contribution is 5.80. The summed E-state index contributed by atoms with van der Waals surface area (Å²) in [6.45, 7) is 1.94. The number of hydrogen-bond acceptors (Lipinski definition) is 4. The number of aromatic nitrogens is 1. The fourth-order valence-corrected chi connectivity index (χ4v) is 2.68. The SMILES string of the molecule is CO[C@H]1CN(C)C[C@@H]1Nc1ccc2ccccc2n1. The van der Waals surface area contributed by atoms with Gasteiger partial charge in [-0.05, 0) is 25.2 Å². The Balaban J connectivity index is 1.81. The summed E-state index contributed by atoms with van der Waals surface area (Å²) in [5.41, 5.74) is 1.02. The van der Waals surface area contributed by atoms with E-state index in [0.29, 0.717) is 6.04 Å². The predicted octanol–water partition coefficient (Wildman–Crippen LogP) is 1.98. The van der Waals surface area contributed by atoms with Crippen LogP contribution < -0.4 is 5.32 Å². The van der Waals surface area contributed by atoms with E-state index in [4.69, 9.17) is 4.74 Å². The topological polar surface area (TPSA) is 37.4 Å². The number of pyridine rings is 1. The molecule has 0 radical (unpaired) electrons. The van der Waals surface area contributed by atoms with Crippen LogP contribution in [-0.2, 0) is 4.74 Å². The largest absolute Gasteiger partial charge is 0.378 e. The van der Waals surface area contributed by atoms with Crippen molar-refractivity contribution < 1.29 is 4.74 Å². The lowest BCUT2D eigenvalue weighted by Gasteiger charge is -2.19. The van der Waals surface area contributed by atoms with E-state index in [1.54, 1.807) is 7.11 Å². The molecule has 4 nitrogen and oxygen atoms in total. The third-order valence-electron chi connectivity index (χ3n) is 3.68. The molecule has 0 unspecified atom stereocenters. The molecule has 3 rings (SSSR count). The van der Waals surface area contributed by atoms with Crippen LogP contribution >= 0.6 is 0 Å². The van der Waals surface area contributed by atoms with Crippen LogP contribution in [0.5, 0.6) is 0 Å². The summed E-state index contributed by atoms with van der Waals surface area (Å²) in [5.74, 6) is 0.918. The summed E-state index contributed by atoms with van der Waals surface area (Å²) < 4.78 is 5.52. The number of ether oxygens (including phenoxy) is 1. The molecule has 0 aliphatic carbocycles. The smallest absolute Gasteiger partial charge is 0.127 e. The molecule has 4 heteroatoms. The first-order chi connectivity index (χ1) is 9.26. The first-order valence-electron chi connectivity index (χ1n) is 6.60. The molecule has 1 aromatic heterocycles. The van der Waals surface area contributed by atoms with Crippen molar-refractivity contribution in [3.05, 3.63) is 36.4 Å². The first kappa shape index (κ1) is 12.4. The molecule has 1 aliphatic heterocycles. The van der Waals surface area contributed by atoms with Crippen molar-refractivity contribution >= 4 is 16.7 Å². The number of anilines is 1. The van der Waals surface area contributed by atoms with Gasteiger partial charge >= 0.3 is 0 Å². The monoisotopic (exact) mass is 257 g/mol. The Kier molecular flexibility index (Phi) is 3.36. The fraction of sp³-hybridized carbons (Fsp3) is 0.400. The zero-order valence-corrected chi connectivity index (χ0v) is 11.3. The van der Waals surface area contributed by atoms with Crippen molar-refractivity contribution in [2.45, 2.75) is 12.1 Å². The van der Waals surface area contributed by atoms with Crippen LogP contribution in [0.25, 0.3) is 10.9 Å². The average molecular weight is 257 g/mol. The molecule has 100 valence electrons. The van der Waals surface area contributed by atoms with Crippen molar-refractivity contribution in [2.75, 3.05) is 32.6 Å². The van der Waals surface area contributed by atoms with Gasteiger partial charge in [-0.15, -0.1) is 0 Å². The molecule has 1 N–H and O–H groups in total. The third kappa shape index (κ3) is 2.55. The summed E-state index contributed by atoms with van der Waals surface area (Å²) in [6, 6.07) is 12.6. The standard InChI is InChI=1S/C15H19N3O/c1-18-9-13(14(10-18)19-2)17-15-8-7-11-5-3-4-6-12(11)16-15/h3-8,13-14H,9-10H2,1-2H3,(H,16,17)/t13-,14-/m0/s1. The minimum atomic E-state index is 0.221. The lowest BCUT2D eigenvalue weighted by atomic mass is 10.2. The lowest BCUT2D eigenvalue weighted by Crippen LogP contribution is -2.33. The molecule has 0 bridgehead atoms. The van der Waals surface area contributed by atoms with Crippen LogP contribution in [0.2, 0.25) is 0 Å². The molecule has 1 aliphatic rings. The third-order valence-corrected chi connectivity index (χ3v) is 3.68. The Labute approximate surface area is 113 Å². The molecule has 2 atom stereocenters. The summed E-state index contributed by atoms with van der Waals surface area (Å²) in [5, 5.41) is 4.65. The van der Waals surface area contributed by atoms with Crippen molar-refractivity contribution in [1.29, 1.82) is 0 Å². The molecule has 0 saturated carbocycles. The highest BCUT2D eigenvalue weighted by Crippen LogP contribution is 2.19. The maximum absolute atomic E-state index is 5.52. The number of benzene rings is 1. The van der Waals surface area contributed by atoms with Gasteiger partial charge in [0.2, 0.25) is 0 Å². The molecule has 1 saturated heterocycles. The van der Waals surface area contributed by atoms with Crippen molar-refractivity contribution in [2.24, 2.45) is 0 Å². The molecular weight excluding hydrogens is 238 g/mol. The summed E-state index contributed by atoms with van der Waals surface area (Å²) in [4.78, 5) is 6.92. The Hall–Kier alpha value is -1.65. The van der Waals surface area contributed by atoms with Crippen molar-refractivity contribution in [3.63, 3.8) is 0 Å². The normalized spacial score (nSPS) is 23.9. The van der Waals surface area contributed by atoms with E-state index < -0.39 is 0 Å². The molecule has 1 aromatic carbocycles. The molecule has 0 spiro atoms. The van der Waals surface area contributed by atoms with Crippen LogP contribution in [-0.4, -0.2) is 49.3 Å². The minimum absolute atomic E-state index is 0.221. The van der Waals surface area contributed by atoms with E-state index >= 15 is 0 Å². The van der Waals surface area contributed by atoms with Crippen LogP contribution in [0.1, 0.15) is 0 Å². The lowest BCUT2D eigenvalue weighted by molar-refractivity contribution is 0.104. The number of likely N-dealkylation sites (N-methyl/N-ethyl adjacent to an activating group) is 1. The van der Waals surface area contributed by atoms with Gasteiger partial charge < -0.3 is 15.0 Å². The second-order valence-corrected chi connectivity index (χ2v) is 5.14. The van der Waals surface area contributed by atoms with E-state index in [-0.39, 0.29) is 6.10 Å². The van der Waals surface area contributed by atoms with Gasteiger partial charge in [-0.1, -0.05) is 18.2 Å². The molecule has 1 fully saturated rings. The van der Waals surface area contributed by atoms with Gasteiger partial charge in [0.15, 0.2) is 0 Å². The summed E-state index contributed by atoms with van der Waals surface area (Å²) in [7, 11) is 3.88. The number of likely N-dealkylation sites (tertiary alicyclic amines) is 1. The van der Waals surface area contributed by atoms with Gasteiger partial charge in [0.1, 0.15) is 5.82 Å². The van der Waals surface area contributed by atoms with Crippen LogP contribution in [0, 0.1) is 0 Å². The minimum Gasteiger partial charge on any atom is -0.378 e. The van der Waals surface area contributed by atoms with Gasteiger partial charge in [-0.3, -0.25) is 0 Å². The van der Waals surface area contributed by atoms with E-state index in [9.17, 15) is 0 Å². The van der Waals surface area contributed by atoms with Crippen LogP contribution in [0.4, 0.5) is 5.82 Å². The Bertz CT molecular complexity index is 572. The predicted molar refractivity (Wildman–Crippen MR) is 77.4 cm³/mol. The quantitative estimate of drug-likeness (QED) is 0.912. The first-order valence-corrected chi connectivity index (χ1v) is 6.60. The zero-order valence-electron chi connectivity index (χ0n) is 11.3. The number of methoxy groups -OCH3 is 1. The van der Waals surface area contributed by atoms with E-state index in [0.717, 1.165) is 24.4 Å². The molecule has 19 heavy (non-hydrogen) atoms. The van der Waals surface area contributed by atoms with Gasteiger partial charge in [-0.2, -0.15) is 0 Å². The average Bonchev–Trinajstić information content (AvgIpc) is 2.78. The number of rotatable bonds is 3. The number of nitrogens with zero attached hydrogens (tertiary/aromatic N) is 2. The van der Waals surface area contributed by atoms with Gasteiger partial charge in [0, 0.05) is 25.6 Å². The number of nitrogens with one attached hydrogen (secondary N) is 1. The van der Waals surface area contributed by atoms with Gasteiger partial charge in [-0.25, -0.2) is 4.98 Å². The molecule has 0 amide bonds. The Morgan fingerprint density at radius 3 is 2.89 bits per heavy atom. The molecular formula is C15H19N3O. The number of para-hydroxylation sites is 1.